The van der Waals surface area contributed by atoms with Crippen LogP contribution in [0, 0.1) is 0 Å². The molecule has 0 saturated heterocycles. The summed E-state index contributed by atoms with van der Waals surface area (Å²) in [5.74, 6) is 0. The van der Waals surface area contributed by atoms with Gasteiger partial charge in [-0.1, -0.05) is 197 Å². The summed E-state index contributed by atoms with van der Waals surface area (Å²) < 4.78 is 5.23. The van der Waals surface area contributed by atoms with Crippen LogP contribution in [0.25, 0.3) is 43.1 Å². The topological polar surface area (TPSA) is 12.5 Å². The Labute approximate surface area is 521 Å². The molecule has 0 spiro atoms. The smallest absolute Gasteiger partial charge is 0.347 e. The summed E-state index contributed by atoms with van der Waals surface area (Å²) in [7, 11) is 4.40. The molecule has 0 N–H and O–H groups in total. The second-order valence-corrected chi connectivity index (χ2v) is 26.7. The van der Waals surface area contributed by atoms with Crippen LogP contribution < -0.4 is 9.80 Å². The van der Waals surface area contributed by atoms with Gasteiger partial charge >= 0.3 is 6.17 Å². The summed E-state index contributed by atoms with van der Waals surface area (Å²) in [4.78, 5) is 4.73. The second-order valence-electron chi connectivity index (χ2n) is 26.3. The number of nitrogens with zero attached hydrogens (tertiary/aromatic N) is 4. The van der Waals surface area contributed by atoms with E-state index in [1.165, 1.54) is 111 Å². The van der Waals surface area contributed by atoms with E-state index in [2.05, 4.69) is 302 Å². The van der Waals surface area contributed by atoms with Gasteiger partial charge in [-0.25, -0.2) is 0 Å². The second kappa shape index (κ2) is 23.2. The average Bonchev–Trinajstić information content (AvgIpc) is 1.62. The van der Waals surface area contributed by atoms with E-state index in [4.69, 9.17) is 23.2 Å². The van der Waals surface area contributed by atoms with Crippen molar-refractivity contribution in [2.24, 2.45) is 0 Å². The number of benzene rings is 8. The molecule has 0 amide bonds. The summed E-state index contributed by atoms with van der Waals surface area (Å²) >= 11 is 13.6. The van der Waals surface area contributed by atoms with Crippen LogP contribution in [-0.2, 0) is 21.7 Å². The zero-order valence-corrected chi connectivity index (χ0v) is 53.7. The lowest BCUT2D eigenvalue weighted by Crippen LogP contribution is -2.38. The van der Waals surface area contributed by atoms with Gasteiger partial charge in [-0.15, -0.1) is 9.15 Å². The first-order valence-electron chi connectivity index (χ1n) is 31.0. The lowest BCUT2D eigenvalue weighted by Gasteiger charge is -2.24. The Morgan fingerprint density at radius 2 is 0.779 bits per heavy atom. The SMILES string of the molecule is CC([N+]1=C(C=C/C(=C\Cl)CCCC=CC=C2N(C)c3ccc4ccccc4c3C2(C)C)C(C)(C)c2c1ccc1ccccc21)[N+]1=C(C=C/C(=C\Cl)CCC/C=C/C=C2N(C)c3ccc4ccccc4c3C2(C)C)C(C)(C)c2c1ccc1ccccc21. The molecule has 0 aromatic heterocycles. The molecule has 4 aliphatic rings. The first-order valence-corrected chi connectivity index (χ1v) is 31.9. The van der Waals surface area contributed by atoms with Crippen LogP contribution in [0.2, 0.25) is 0 Å². The van der Waals surface area contributed by atoms with Crippen LogP contribution in [0.4, 0.5) is 22.7 Å². The first-order chi connectivity index (χ1) is 41.4. The Kier molecular flexibility index (Phi) is 15.8. The Morgan fingerprint density at radius 1 is 0.442 bits per heavy atom. The van der Waals surface area contributed by atoms with E-state index < -0.39 is 0 Å². The van der Waals surface area contributed by atoms with E-state index in [0.717, 1.165) is 49.7 Å². The maximum Gasteiger partial charge on any atom is 0.350 e. The quantitative estimate of drug-likeness (QED) is 0.0543. The molecule has 0 bridgehead atoms. The summed E-state index contributed by atoms with van der Waals surface area (Å²) in [6.45, 7) is 21.4. The van der Waals surface area contributed by atoms with Crippen molar-refractivity contribution in [1.29, 1.82) is 0 Å². The Hall–Kier alpha value is -7.76. The van der Waals surface area contributed by atoms with Gasteiger partial charge in [-0.2, -0.15) is 0 Å². The van der Waals surface area contributed by atoms with Crippen LogP contribution in [-0.4, -0.2) is 40.8 Å². The molecule has 0 saturated carbocycles. The molecule has 0 aliphatic carbocycles. The lowest BCUT2D eigenvalue weighted by molar-refractivity contribution is -0.700. The summed E-state index contributed by atoms with van der Waals surface area (Å²) in [6.07, 6.45) is 28.5. The zero-order valence-electron chi connectivity index (χ0n) is 52.1. The molecule has 86 heavy (non-hydrogen) atoms. The molecule has 4 nitrogen and oxygen atoms in total. The van der Waals surface area contributed by atoms with Crippen molar-refractivity contribution >= 4 is 100 Å². The van der Waals surface area contributed by atoms with E-state index in [-0.39, 0.29) is 27.8 Å². The third-order valence-electron chi connectivity index (χ3n) is 19.6. The number of unbranched alkanes of at least 4 members (excludes halogenated alkanes) is 2. The fourth-order valence-corrected chi connectivity index (χ4v) is 15.7. The molecule has 4 aliphatic heterocycles. The van der Waals surface area contributed by atoms with Crippen molar-refractivity contribution in [2.75, 3.05) is 23.9 Å². The minimum atomic E-state index is -0.345. The van der Waals surface area contributed by atoms with Crippen LogP contribution in [0.3, 0.4) is 0 Å². The maximum absolute atomic E-state index is 6.79. The minimum Gasteiger partial charge on any atom is -0.347 e. The van der Waals surface area contributed by atoms with Crippen molar-refractivity contribution < 1.29 is 9.15 Å². The highest BCUT2D eigenvalue weighted by atomic mass is 35.5. The van der Waals surface area contributed by atoms with Crippen molar-refractivity contribution in [1.82, 2.24) is 0 Å². The van der Waals surface area contributed by atoms with E-state index in [9.17, 15) is 0 Å². The first kappa shape index (κ1) is 58.6. The lowest BCUT2D eigenvalue weighted by atomic mass is 9.79. The molecule has 6 heteroatoms. The molecule has 8 aromatic rings. The molecular formula is C80H82Cl2N4+2. The molecule has 0 fully saturated rings. The molecule has 0 radical (unpaired) electrons. The number of allylic oxidation sites excluding steroid dienone is 14. The van der Waals surface area contributed by atoms with Crippen molar-refractivity contribution in [3.63, 3.8) is 0 Å². The predicted molar refractivity (Wildman–Crippen MR) is 372 cm³/mol. The highest BCUT2D eigenvalue weighted by Gasteiger charge is 2.55. The number of likely N-dealkylation sites (N-methyl/N-ethyl adjacent to an activating group) is 2. The van der Waals surface area contributed by atoms with Gasteiger partial charge in [0.05, 0.1) is 17.8 Å². The largest absolute Gasteiger partial charge is 0.350 e. The maximum atomic E-state index is 6.79. The highest BCUT2D eigenvalue weighted by molar-refractivity contribution is 6.26. The van der Waals surface area contributed by atoms with Gasteiger partial charge in [0, 0.05) is 94.2 Å². The molecule has 4 heterocycles. The molecule has 1 atom stereocenters. The third-order valence-corrected chi connectivity index (χ3v) is 20.1. The predicted octanol–water partition coefficient (Wildman–Crippen LogP) is 21.5. The van der Waals surface area contributed by atoms with E-state index in [1.54, 1.807) is 11.1 Å². The van der Waals surface area contributed by atoms with Gasteiger partial charge in [-0.3, -0.25) is 0 Å². The Balaban J connectivity index is 0.825. The number of anilines is 2. The van der Waals surface area contributed by atoms with Crippen molar-refractivity contribution in [3.8, 4) is 0 Å². The number of rotatable bonds is 16. The molecular weight excluding hydrogens is 1090 g/mol. The van der Waals surface area contributed by atoms with E-state index in [1.807, 2.05) is 0 Å². The normalized spacial score (nSPS) is 19.2. The van der Waals surface area contributed by atoms with Crippen molar-refractivity contribution in [3.05, 3.63) is 262 Å². The fraction of sp³-hybridized carbons (Fsp3) is 0.275. The monoisotopic (exact) mass is 1170 g/mol. The van der Waals surface area contributed by atoms with E-state index >= 15 is 0 Å². The zero-order chi connectivity index (χ0) is 60.3. The standard InChI is InChI=1S/C80H82Cl2N4/c1-54(85-67-48-44-59-32-22-26-36-63(59)75(67)79(6,7)71(85)50-40-55(52-81)28-16-12-14-18-38-69-77(2,3)73-61-34-24-20-30-57(61)42-46-65(73)83(69)10)86-68-49-45-60-33-23-27-37-64(60)76(68)80(8,9)72(86)51-41-56(53-82)29-17-13-15-19-39-70-78(4,5)74-62-35-25-21-31-58(62)43-47-66(74)84(70)11/h14-15,18-27,30-54H,12-13,16-17,28-29H2,1-11H3/q+2/b18-14+,19-15?,50-40?,51-41?,55-52-,56-53-,69-38?,70-39?. The van der Waals surface area contributed by atoms with Gasteiger partial charge < -0.3 is 9.80 Å². The summed E-state index contributed by atoms with van der Waals surface area (Å²) in [5, 5.41) is 10.3. The third kappa shape index (κ3) is 9.95. The van der Waals surface area contributed by atoms with Crippen LogP contribution in [0.5, 0.6) is 0 Å². The van der Waals surface area contributed by atoms with Crippen molar-refractivity contribution in [2.45, 2.75) is 129 Å². The van der Waals surface area contributed by atoms with Gasteiger partial charge in [0.25, 0.3) is 0 Å². The highest BCUT2D eigenvalue weighted by Crippen LogP contribution is 2.53. The molecule has 12 rings (SSSR count). The Morgan fingerprint density at radius 3 is 1.14 bits per heavy atom. The average molecular weight is 1170 g/mol. The van der Waals surface area contributed by atoms with E-state index in [0.29, 0.717) is 0 Å². The summed E-state index contributed by atoms with van der Waals surface area (Å²) in [5.41, 5.74) is 20.5. The number of hydrogen-bond acceptors (Lipinski definition) is 2. The molecule has 434 valence electrons. The Bertz CT molecular complexity index is 4090. The van der Waals surface area contributed by atoms with Crippen LogP contribution in [0.15, 0.2) is 240 Å². The van der Waals surface area contributed by atoms with Crippen LogP contribution in [0.1, 0.15) is 123 Å². The molecule has 8 aromatic carbocycles. The minimum absolute atomic E-state index is 0.115. The van der Waals surface area contributed by atoms with Gasteiger partial charge in [0.15, 0.2) is 11.4 Å². The molecule has 1 unspecified atom stereocenters. The fourth-order valence-electron chi connectivity index (χ4n) is 15.3. The summed E-state index contributed by atoms with van der Waals surface area (Å²) in [6, 6.07) is 53.6. The number of hydrogen-bond donors (Lipinski definition) is 0. The number of halogens is 2. The van der Waals surface area contributed by atoms with Gasteiger partial charge in [-0.05, 0) is 168 Å². The van der Waals surface area contributed by atoms with Gasteiger partial charge in [0.1, 0.15) is 0 Å². The van der Waals surface area contributed by atoms with Gasteiger partial charge in [0.2, 0.25) is 11.4 Å². The van der Waals surface area contributed by atoms with Crippen LogP contribution >= 0.6 is 23.2 Å². The number of fused-ring (bicyclic) bond motifs is 12.